The van der Waals surface area contributed by atoms with E-state index in [0.29, 0.717) is 21.8 Å². The molecule has 0 saturated carbocycles. The highest BCUT2D eigenvalue weighted by molar-refractivity contribution is 7.92. The number of hydrogen-bond acceptors (Lipinski definition) is 5. The number of ether oxygens (including phenoxy) is 1. The smallest absolute Gasteiger partial charge is 0.338 e. The maximum absolute atomic E-state index is 13.3. The summed E-state index contributed by atoms with van der Waals surface area (Å²) in [6.45, 7) is 1.16. The van der Waals surface area contributed by atoms with E-state index in [9.17, 15) is 18.0 Å². The number of sulfonamides is 1. The van der Waals surface area contributed by atoms with Crippen LogP contribution in [0.3, 0.4) is 0 Å². The van der Waals surface area contributed by atoms with Crippen LogP contribution < -0.4 is 9.62 Å². The Hall–Kier alpha value is -3.36. The van der Waals surface area contributed by atoms with E-state index in [0.717, 1.165) is 4.31 Å². The Bertz CT molecular complexity index is 1250. The van der Waals surface area contributed by atoms with E-state index >= 15 is 0 Å². The zero-order chi connectivity index (χ0) is 23.3. The minimum atomic E-state index is -4.05. The number of carbonyl (C=O) groups excluding carboxylic acids is 2. The van der Waals surface area contributed by atoms with Gasteiger partial charge in [-0.3, -0.25) is 9.10 Å². The first kappa shape index (κ1) is 23.3. The van der Waals surface area contributed by atoms with Crippen LogP contribution in [0.1, 0.15) is 15.9 Å². The number of hydrogen-bond donors (Lipinski definition) is 1. The standard InChI is InChI=1S/C23H21ClN2O5S/c1-16-20(23(28)31-2)12-7-13-21(16)25-22(27)15-26(18-9-6-8-17(24)14-18)32(29,30)19-10-4-3-5-11-19/h3-14H,15H2,1-2H3,(H,25,27). The third-order valence-corrected chi connectivity index (χ3v) is 6.75. The van der Waals surface area contributed by atoms with Gasteiger partial charge in [0.25, 0.3) is 10.0 Å². The fourth-order valence-corrected chi connectivity index (χ4v) is 4.71. The van der Waals surface area contributed by atoms with Crippen molar-refractivity contribution in [1.29, 1.82) is 0 Å². The molecule has 0 radical (unpaired) electrons. The zero-order valence-electron chi connectivity index (χ0n) is 17.4. The monoisotopic (exact) mass is 472 g/mol. The number of benzene rings is 3. The lowest BCUT2D eigenvalue weighted by Crippen LogP contribution is -2.38. The highest BCUT2D eigenvalue weighted by Gasteiger charge is 2.27. The second-order valence-corrected chi connectivity index (χ2v) is 9.12. The average Bonchev–Trinajstić information content (AvgIpc) is 2.79. The fourth-order valence-electron chi connectivity index (χ4n) is 3.09. The molecule has 0 heterocycles. The van der Waals surface area contributed by atoms with Gasteiger partial charge in [0, 0.05) is 10.7 Å². The molecule has 0 aliphatic carbocycles. The lowest BCUT2D eigenvalue weighted by molar-refractivity contribution is -0.114. The summed E-state index contributed by atoms with van der Waals surface area (Å²) >= 11 is 6.07. The van der Waals surface area contributed by atoms with Gasteiger partial charge < -0.3 is 10.1 Å². The van der Waals surface area contributed by atoms with Gasteiger partial charge in [0.2, 0.25) is 5.91 Å². The summed E-state index contributed by atoms with van der Waals surface area (Å²) in [6, 6.07) is 18.9. The molecule has 3 rings (SSSR count). The molecule has 3 aromatic rings. The molecular formula is C23H21ClN2O5S. The molecule has 1 amide bonds. The molecule has 32 heavy (non-hydrogen) atoms. The molecule has 0 bridgehead atoms. The van der Waals surface area contributed by atoms with Crippen LogP contribution in [0.4, 0.5) is 11.4 Å². The van der Waals surface area contributed by atoms with E-state index < -0.39 is 28.4 Å². The molecular weight excluding hydrogens is 452 g/mol. The number of nitrogens with zero attached hydrogens (tertiary/aromatic N) is 1. The molecule has 9 heteroatoms. The molecule has 0 unspecified atom stereocenters. The molecule has 3 aromatic carbocycles. The van der Waals surface area contributed by atoms with Crippen molar-refractivity contribution in [3.05, 3.63) is 88.9 Å². The van der Waals surface area contributed by atoms with Gasteiger partial charge in [0.15, 0.2) is 0 Å². The number of rotatable bonds is 7. The van der Waals surface area contributed by atoms with Gasteiger partial charge in [0.05, 0.1) is 23.3 Å². The Morgan fingerprint density at radius 1 is 1.00 bits per heavy atom. The Morgan fingerprint density at radius 2 is 1.69 bits per heavy atom. The van der Waals surface area contributed by atoms with Gasteiger partial charge in [-0.25, -0.2) is 13.2 Å². The van der Waals surface area contributed by atoms with Crippen molar-refractivity contribution < 1.29 is 22.7 Å². The summed E-state index contributed by atoms with van der Waals surface area (Å²) in [5.74, 6) is -1.12. The van der Waals surface area contributed by atoms with E-state index in [1.165, 1.54) is 25.3 Å². The lowest BCUT2D eigenvalue weighted by atomic mass is 10.1. The minimum absolute atomic E-state index is 0.0386. The van der Waals surface area contributed by atoms with Crippen LogP contribution in [0.25, 0.3) is 0 Å². The lowest BCUT2D eigenvalue weighted by Gasteiger charge is -2.24. The van der Waals surface area contributed by atoms with Crippen LogP contribution >= 0.6 is 11.6 Å². The first-order chi connectivity index (χ1) is 15.2. The van der Waals surface area contributed by atoms with E-state index in [4.69, 9.17) is 16.3 Å². The Balaban J connectivity index is 1.94. The molecule has 1 N–H and O–H groups in total. The quantitative estimate of drug-likeness (QED) is 0.518. The predicted octanol–water partition coefficient (Wildman–Crippen LogP) is 4.27. The number of halogens is 1. The van der Waals surface area contributed by atoms with E-state index in [2.05, 4.69) is 5.32 Å². The fraction of sp³-hybridized carbons (Fsp3) is 0.130. The van der Waals surface area contributed by atoms with Crippen molar-refractivity contribution in [3.8, 4) is 0 Å². The Morgan fingerprint density at radius 3 is 2.34 bits per heavy atom. The Kier molecular flexibility index (Phi) is 7.17. The van der Waals surface area contributed by atoms with Crippen LogP contribution in [0, 0.1) is 6.92 Å². The van der Waals surface area contributed by atoms with Crippen molar-refractivity contribution in [2.24, 2.45) is 0 Å². The second kappa shape index (κ2) is 9.84. The largest absolute Gasteiger partial charge is 0.465 e. The number of amides is 1. The summed E-state index contributed by atoms with van der Waals surface area (Å²) < 4.78 is 32.4. The summed E-state index contributed by atoms with van der Waals surface area (Å²) in [4.78, 5) is 24.9. The van der Waals surface area contributed by atoms with E-state index in [1.807, 2.05) is 0 Å². The van der Waals surface area contributed by atoms with Crippen molar-refractivity contribution in [2.45, 2.75) is 11.8 Å². The topological polar surface area (TPSA) is 92.8 Å². The number of carbonyl (C=O) groups is 2. The van der Waals surface area contributed by atoms with E-state index in [1.54, 1.807) is 61.5 Å². The molecule has 0 aliphatic rings. The third-order valence-electron chi connectivity index (χ3n) is 4.73. The van der Waals surface area contributed by atoms with Crippen LogP contribution in [-0.4, -0.2) is 33.9 Å². The second-order valence-electron chi connectivity index (χ2n) is 6.82. The molecule has 0 fully saturated rings. The first-order valence-corrected chi connectivity index (χ1v) is 11.4. The van der Waals surface area contributed by atoms with Crippen molar-refractivity contribution in [2.75, 3.05) is 23.3 Å². The van der Waals surface area contributed by atoms with Gasteiger partial charge in [-0.1, -0.05) is 41.9 Å². The maximum Gasteiger partial charge on any atom is 0.338 e. The molecule has 0 atom stereocenters. The highest BCUT2D eigenvalue weighted by atomic mass is 35.5. The van der Waals surface area contributed by atoms with Gasteiger partial charge in [-0.15, -0.1) is 0 Å². The zero-order valence-corrected chi connectivity index (χ0v) is 19.0. The number of methoxy groups -OCH3 is 1. The molecule has 166 valence electrons. The summed E-state index contributed by atoms with van der Waals surface area (Å²) in [7, 11) is -2.79. The Labute approximate surface area is 191 Å². The molecule has 0 spiro atoms. The van der Waals surface area contributed by atoms with Crippen LogP contribution in [0.2, 0.25) is 5.02 Å². The van der Waals surface area contributed by atoms with Crippen molar-refractivity contribution in [1.82, 2.24) is 0 Å². The summed E-state index contributed by atoms with van der Waals surface area (Å²) in [5, 5.41) is 3.01. The molecule has 0 aliphatic heterocycles. The molecule has 7 nitrogen and oxygen atoms in total. The number of nitrogens with one attached hydrogen (secondary N) is 1. The van der Waals surface area contributed by atoms with Gasteiger partial charge >= 0.3 is 5.97 Å². The summed E-state index contributed by atoms with van der Waals surface area (Å²) in [5.41, 5.74) is 1.43. The van der Waals surface area contributed by atoms with Crippen molar-refractivity contribution in [3.63, 3.8) is 0 Å². The number of anilines is 2. The normalized spacial score (nSPS) is 11.0. The summed E-state index contributed by atoms with van der Waals surface area (Å²) in [6.07, 6.45) is 0. The third kappa shape index (κ3) is 5.09. The molecule has 0 saturated heterocycles. The van der Waals surface area contributed by atoms with E-state index in [-0.39, 0.29) is 10.6 Å². The van der Waals surface area contributed by atoms with Gasteiger partial charge in [-0.05, 0) is 55.0 Å². The van der Waals surface area contributed by atoms with Crippen molar-refractivity contribution >= 4 is 44.9 Å². The molecule has 0 aromatic heterocycles. The van der Waals surface area contributed by atoms with Gasteiger partial charge in [0.1, 0.15) is 6.54 Å². The van der Waals surface area contributed by atoms with Crippen LogP contribution in [0.5, 0.6) is 0 Å². The predicted molar refractivity (Wildman–Crippen MR) is 124 cm³/mol. The SMILES string of the molecule is COC(=O)c1cccc(NC(=O)CN(c2cccc(Cl)c2)S(=O)(=O)c2ccccc2)c1C. The van der Waals surface area contributed by atoms with Gasteiger partial charge in [-0.2, -0.15) is 0 Å². The average molecular weight is 473 g/mol. The first-order valence-electron chi connectivity index (χ1n) is 9.55. The van der Waals surface area contributed by atoms with Crippen LogP contribution in [0.15, 0.2) is 77.7 Å². The highest BCUT2D eigenvalue weighted by Crippen LogP contribution is 2.26. The minimum Gasteiger partial charge on any atom is -0.465 e. The van der Waals surface area contributed by atoms with Crippen LogP contribution in [-0.2, 0) is 19.6 Å². The maximum atomic E-state index is 13.3. The number of esters is 1.